The summed E-state index contributed by atoms with van der Waals surface area (Å²) >= 11 is 0.382. The van der Waals surface area contributed by atoms with E-state index >= 15 is 0 Å². The van der Waals surface area contributed by atoms with Crippen molar-refractivity contribution in [3.63, 3.8) is 0 Å². The molecule has 0 aliphatic rings. The maximum absolute atomic E-state index is 5.54. The van der Waals surface area contributed by atoms with Gasteiger partial charge in [-0.1, -0.05) is 182 Å². The molecular weight excluding hydrogens is 710 g/mol. The third-order valence-electron chi connectivity index (χ3n) is 8.72. The van der Waals surface area contributed by atoms with Crippen molar-refractivity contribution >= 4 is 64.6 Å². The van der Waals surface area contributed by atoms with Gasteiger partial charge in [-0.2, -0.15) is 0 Å². The quantitative estimate of drug-likeness (QED) is 0.145. The van der Waals surface area contributed by atoms with Gasteiger partial charge < -0.3 is 0 Å². The zero-order chi connectivity index (χ0) is 34.8. The maximum Gasteiger partial charge on any atom is 0.0781 e. The molecule has 2 nitrogen and oxygen atoms in total. The Labute approximate surface area is 313 Å². The van der Waals surface area contributed by atoms with Crippen molar-refractivity contribution in [2.24, 2.45) is 9.98 Å². The first kappa shape index (κ1) is 34.2. The molecule has 0 radical (unpaired) electrons. The predicted octanol–water partition coefficient (Wildman–Crippen LogP) is 13.4. The van der Waals surface area contributed by atoms with Gasteiger partial charge in [0.25, 0.3) is 0 Å². The second-order valence-corrected chi connectivity index (χ2v) is 13.5. The topological polar surface area (TPSA) is 24.7 Å². The second kappa shape index (κ2) is 16.6. The Hall–Kier alpha value is -5.29. The van der Waals surface area contributed by atoms with Gasteiger partial charge in [0.2, 0.25) is 0 Å². The Morgan fingerprint density at radius 1 is 0.333 bits per heavy atom. The third-order valence-corrected chi connectivity index (χ3v) is 8.72. The van der Waals surface area contributed by atoms with Crippen molar-refractivity contribution < 1.29 is 12.9 Å². The minimum Gasteiger partial charge on any atom is -0.247 e. The molecule has 0 aliphatic carbocycles. The maximum atomic E-state index is 5.54. The summed E-state index contributed by atoms with van der Waals surface area (Å²) in [5, 5.41) is 4.57. The zero-order valence-electron chi connectivity index (χ0n) is 27.5. The van der Waals surface area contributed by atoms with E-state index in [0.29, 0.717) is 12.9 Å². The first-order chi connectivity index (χ1) is 25.2. The van der Waals surface area contributed by atoms with Crippen molar-refractivity contribution in [1.29, 1.82) is 0 Å². The Morgan fingerprint density at radius 2 is 0.608 bits per heavy atom. The van der Waals surface area contributed by atoms with Gasteiger partial charge in [-0.15, -0.1) is 0 Å². The second-order valence-electron chi connectivity index (χ2n) is 11.8. The van der Waals surface area contributed by atoms with Crippen LogP contribution in [0.5, 0.6) is 0 Å². The number of fused-ring (bicyclic) bond motifs is 2. The van der Waals surface area contributed by atoms with E-state index in [-0.39, 0.29) is 0 Å². The molecule has 0 aliphatic heterocycles. The van der Waals surface area contributed by atoms with Gasteiger partial charge in [0.1, 0.15) is 0 Å². The molecule has 249 valence electrons. The van der Waals surface area contributed by atoms with Gasteiger partial charge in [-0.3, -0.25) is 0 Å². The van der Waals surface area contributed by atoms with Crippen LogP contribution in [0.1, 0.15) is 22.3 Å². The van der Waals surface area contributed by atoms with E-state index < -0.39 is 0 Å². The Kier molecular flexibility index (Phi) is 11.1. The molecule has 0 saturated heterocycles. The molecule has 51 heavy (non-hydrogen) atoms. The normalized spacial score (nSPS) is 10.7. The Balaban J connectivity index is 0.00000131. The summed E-state index contributed by atoms with van der Waals surface area (Å²) in [6, 6.07) is 67.7. The van der Waals surface area contributed by atoms with Crippen LogP contribution in [0, 0.1) is 0 Å². The van der Waals surface area contributed by atoms with E-state index in [2.05, 4.69) is 170 Å². The molecule has 0 N–H and O–H groups in total. The molecule has 0 heterocycles. The SMILES string of the molecule is [Cl][Co][Cl].c1ccc(C(=Nc2ccc3ccccc3c2-c2c(N=C(c3ccccc3)c3ccccc3)ccc3ccccc23)c2ccccc2)cc1. The predicted molar refractivity (Wildman–Crippen MR) is 215 cm³/mol. The summed E-state index contributed by atoms with van der Waals surface area (Å²) in [6.45, 7) is 0. The number of halogens is 2. The van der Waals surface area contributed by atoms with Crippen LogP contribution >= 0.6 is 20.3 Å². The fourth-order valence-electron chi connectivity index (χ4n) is 6.45. The van der Waals surface area contributed by atoms with Gasteiger partial charge in [-0.25, -0.2) is 9.98 Å². The van der Waals surface area contributed by atoms with Crippen molar-refractivity contribution in [2.45, 2.75) is 0 Å². The standard InChI is InChI=1S/C46H32N2.2ClH.Co/c1-5-19-35(20-6-1)45(36-21-7-2-8-22-36)47-41-31-29-33-17-13-15-27-39(33)43(41)44-40-28-16-14-18-34(40)30-32-42(44)48-46(37-23-9-3-10-24-37)38-25-11-4-12-26-38;;;/h1-32H;2*1H;/q;;;+2/p-2. The molecule has 8 aromatic carbocycles. The molecule has 0 fully saturated rings. The Morgan fingerprint density at radius 3 is 0.922 bits per heavy atom. The minimum atomic E-state index is 0.382. The van der Waals surface area contributed by atoms with Crippen LogP contribution in [0.15, 0.2) is 204 Å². The Bertz CT molecular complexity index is 2190. The molecule has 0 unspecified atom stereocenters. The summed E-state index contributed by atoms with van der Waals surface area (Å²) in [5.74, 6) is 0. The molecule has 0 atom stereocenters. The number of hydrogen-bond donors (Lipinski definition) is 0. The number of benzene rings is 8. The molecule has 0 amide bonds. The van der Waals surface area contributed by atoms with Gasteiger partial charge in [0.15, 0.2) is 0 Å². The summed E-state index contributed by atoms with van der Waals surface area (Å²) < 4.78 is 0. The number of aliphatic imine (C=N–C) groups is 2. The minimum absolute atomic E-state index is 0.382. The van der Waals surface area contributed by atoms with Crippen LogP contribution < -0.4 is 0 Å². The zero-order valence-corrected chi connectivity index (χ0v) is 30.0. The van der Waals surface area contributed by atoms with Crippen molar-refractivity contribution in [2.75, 3.05) is 0 Å². The largest absolute Gasteiger partial charge is 0.247 e. The number of nitrogens with zero attached hydrogens (tertiary/aromatic N) is 2. The van der Waals surface area contributed by atoms with E-state index in [0.717, 1.165) is 77.7 Å². The third kappa shape index (κ3) is 7.73. The molecule has 5 heteroatoms. The van der Waals surface area contributed by atoms with Crippen LogP contribution in [0.4, 0.5) is 11.4 Å². The molecule has 8 rings (SSSR count). The van der Waals surface area contributed by atoms with Crippen molar-refractivity contribution in [3.8, 4) is 11.1 Å². The summed E-state index contributed by atoms with van der Waals surface area (Å²) in [6.07, 6.45) is 0. The summed E-state index contributed by atoms with van der Waals surface area (Å²) in [5.41, 5.74) is 10.0. The van der Waals surface area contributed by atoms with Gasteiger partial charge in [0.05, 0.1) is 22.8 Å². The first-order valence-electron chi connectivity index (χ1n) is 16.5. The van der Waals surface area contributed by atoms with Crippen LogP contribution in [-0.4, -0.2) is 11.4 Å². The molecule has 8 aromatic rings. The van der Waals surface area contributed by atoms with E-state index in [1.54, 1.807) is 0 Å². The number of rotatable bonds is 7. The first-order valence-corrected chi connectivity index (χ1v) is 19.4. The van der Waals surface area contributed by atoms with Gasteiger partial charge >= 0.3 is 33.2 Å². The van der Waals surface area contributed by atoms with Crippen molar-refractivity contribution in [1.82, 2.24) is 0 Å². The smallest absolute Gasteiger partial charge is 0.0781 e. The van der Waals surface area contributed by atoms with E-state index in [4.69, 9.17) is 30.3 Å². The average Bonchev–Trinajstić information content (AvgIpc) is 3.20. The summed E-state index contributed by atoms with van der Waals surface area (Å²) in [7, 11) is 9.47. The van der Waals surface area contributed by atoms with Crippen LogP contribution in [0.2, 0.25) is 0 Å². The van der Waals surface area contributed by atoms with E-state index in [9.17, 15) is 0 Å². The number of hydrogen-bond acceptors (Lipinski definition) is 2. The van der Waals surface area contributed by atoms with Crippen LogP contribution in [-0.2, 0) is 12.9 Å². The van der Waals surface area contributed by atoms with Crippen LogP contribution in [0.3, 0.4) is 0 Å². The van der Waals surface area contributed by atoms with Gasteiger partial charge in [0, 0.05) is 33.4 Å². The molecular formula is C46H32Cl2CoN2. The van der Waals surface area contributed by atoms with Crippen LogP contribution in [0.25, 0.3) is 32.7 Å². The molecule has 0 spiro atoms. The van der Waals surface area contributed by atoms with Crippen molar-refractivity contribution in [3.05, 3.63) is 216 Å². The fourth-order valence-corrected chi connectivity index (χ4v) is 6.45. The molecule has 0 bridgehead atoms. The molecule has 0 saturated carbocycles. The monoisotopic (exact) mass is 741 g/mol. The van der Waals surface area contributed by atoms with Gasteiger partial charge in [-0.05, 0) is 33.7 Å². The fraction of sp³-hybridized carbons (Fsp3) is 0. The molecule has 0 aromatic heterocycles. The van der Waals surface area contributed by atoms with E-state index in [1.807, 2.05) is 24.3 Å². The summed E-state index contributed by atoms with van der Waals surface area (Å²) in [4.78, 5) is 11.1. The average molecular weight is 743 g/mol. The van der Waals surface area contributed by atoms with E-state index in [1.165, 1.54) is 0 Å².